The van der Waals surface area contributed by atoms with Crippen molar-refractivity contribution in [1.82, 2.24) is 24.7 Å². The van der Waals surface area contributed by atoms with E-state index in [0.717, 1.165) is 22.6 Å². The molecule has 0 fully saturated rings. The molecule has 0 aliphatic rings. The number of halogens is 1. The molecule has 8 nitrogen and oxygen atoms in total. The Hall–Kier alpha value is -3.78. The van der Waals surface area contributed by atoms with Crippen LogP contribution < -0.4 is 10.1 Å². The summed E-state index contributed by atoms with van der Waals surface area (Å²) in [6, 6.07) is 9.16. The highest BCUT2D eigenvalue weighted by molar-refractivity contribution is 6.33. The summed E-state index contributed by atoms with van der Waals surface area (Å²) in [5, 5.41) is 7.96. The number of pyridine rings is 1. The van der Waals surface area contributed by atoms with Crippen LogP contribution in [0.25, 0.3) is 5.82 Å². The highest BCUT2D eigenvalue weighted by Gasteiger charge is 2.14. The summed E-state index contributed by atoms with van der Waals surface area (Å²) in [4.78, 5) is 25.2. The summed E-state index contributed by atoms with van der Waals surface area (Å²) in [6.07, 6.45) is 10.5. The van der Waals surface area contributed by atoms with Crippen molar-refractivity contribution in [1.29, 1.82) is 0 Å². The van der Waals surface area contributed by atoms with Gasteiger partial charge in [0.1, 0.15) is 5.75 Å². The molecule has 0 amide bonds. The number of hydrogen-bond donors (Lipinski definition) is 1. The van der Waals surface area contributed by atoms with Gasteiger partial charge in [-0.05, 0) is 48.2 Å². The fourth-order valence-electron chi connectivity index (χ4n) is 3.31. The van der Waals surface area contributed by atoms with Gasteiger partial charge in [-0.3, -0.25) is 4.79 Å². The van der Waals surface area contributed by atoms with E-state index in [1.165, 1.54) is 0 Å². The van der Waals surface area contributed by atoms with Crippen LogP contribution >= 0.6 is 11.6 Å². The van der Waals surface area contributed by atoms with Crippen molar-refractivity contribution in [3.63, 3.8) is 0 Å². The van der Waals surface area contributed by atoms with Crippen LogP contribution in [0.3, 0.4) is 0 Å². The van der Waals surface area contributed by atoms with E-state index in [0.29, 0.717) is 41.5 Å². The molecule has 168 valence electrons. The molecule has 3 aromatic heterocycles. The summed E-state index contributed by atoms with van der Waals surface area (Å²) in [7, 11) is 1.55. The van der Waals surface area contributed by atoms with Crippen LogP contribution in [-0.4, -0.2) is 37.6 Å². The summed E-state index contributed by atoms with van der Waals surface area (Å²) in [5.41, 5.74) is 3.17. The number of ketones is 1. The number of aromatic nitrogens is 5. The van der Waals surface area contributed by atoms with Crippen LogP contribution in [0.1, 0.15) is 34.8 Å². The number of ether oxygens (including phenoxy) is 1. The lowest BCUT2D eigenvalue weighted by atomic mass is 10.0. The lowest BCUT2D eigenvalue weighted by molar-refractivity contribution is 0.0987. The van der Waals surface area contributed by atoms with Crippen molar-refractivity contribution in [3.05, 3.63) is 83.0 Å². The molecule has 1 aromatic carbocycles. The standard InChI is InChI=1S/C24H23ClN6O2/c1-3-20(32)18-10-17(23(25)21(11-18)33-2)8-7-16-12-27-24(28-13-16)30-19-14-29-31(15-19)22-6-4-5-9-26-22/h4-6,9-15H,3,7-8H2,1-2H3,(H,27,28,30). The first-order chi connectivity index (χ1) is 16.1. The van der Waals surface area contributed by atoms with Gasteiger partial charge in [0.05, 0.1) is 30.2 Å². The van der Waals surface area contributed by atoms with Gasteiger partial charge in [-0.1, -0.05) is 24.6 Å². The fourth-order valence-corrected chi connectivity index (χ4v) is 3.59. The smallest absolute Gasteiger partial charge is 0.227 e. The van der Waals surface area contributed by atoms with E-state index in [1.807, 2.05) is 37.4 Å². The number of nitrogens with zero attached hydrogens (tertiary/aromatic N) is 5. The minimum Gasteiger partial charge on any atom is -0.495 e. The number of methoxy groups -OCH3 is 1. The second kappa shape index (κ2) is 10.2. The van der Waals surface area contributed by atoms with Gasteiger partial charge >= 0.3 is 0 Å². The Morgan fingerprint density at radius 3 is 2.64 bits per heavy atom. The molecule has 4 aromatic rings. The highest BCUT2D eigenvalue weighted by atomic mass is 35.5. The molecule has 0 aliphatic heterocycles. The van der Waals surface area contributed by atoms with Gasteiger partial charge in [-0.25, -0.2) is 19.6 Å². The average molecular weight is 463 g/mol. The zero-order valence-corrected chi connectivity index (χ0v) is 19.1. The van der Waals surface area contributed by atoms with Crippen LogP contribution in [0.5, 0.6) is 5.75 Å². The zero-order chi connectivity index (χ0) is 23.2. The van der Waals surface area contributed by atoms with Crippen LogP contribution in [-0.2, 0) is 12.8 Å². The van der Waals surface area contributed by atoms with E-state index in [4.69, 9.17) is 16.3 Å². The first-order valence-electron chi connectivity index (χ1n) is 10.5. The number of aryl methyl sites for hydroxylation is 2. The molecule has 0 saturated heterocycles. The number of carbonyl (C=O) groups is 1. The predicted molar refractivity (Wildman–Crippen MR) is 127 cm³/mol. The molecule has 0 unspecified atom stereocenters. The van der Waals surface area contributed by atoms with E-state index < -0.39 is 0 Å². The number of nitrogens with one attached hydrogen (secondary N) is 1. The average Bonchev–Trinajstić information content (AvgIpc) is 3.33. The van der Waals surface area contributed by atoms with Crippen molar-refractivity contribution in [2.75, 3.05) is 12.4 Å². The Labute approximate surface area is 196 Å². The van der Waals surface area contributed by atoms with Gasteiger partial charge in [0, 0.05) is 30.6 Å². The van der Waals surface area contributed by atoms with Crippen LogP contribution in [0.2, 0.25) is 5.02 Å². The second-order valence-electron chi connectivity index (χ2n) is 7.33. The maximum Gasteiger partial charge on any atom is 0.227 e. The molecule has 0 bridgehead atoms. The van der Waals surface area contributed by atoms with Crippen LogP contribution in [0.15, 0.2) is 61.3 Å². The topological polar surface area (TPSA) is 94.8 Å². The van der Waals surface area contributed by atoms with Gasteiger partial charge in [-0.15, -0.1) is 0 Å². The number of benzene rings is 1. The second-order valence-corrected chi connectivity index (χ2v) is 7.71. The van der Waals surface area contributed by atoms with Crippen molar-refractivity contribution >= 4 is 29.0 Å². The predicted octanol–water partition coefficient (Wildman–Crippen LogP) is 4.84. The zero-order valence-electron chi connectivity index (χ0n) is 18.3. The Balaban J connectivity index is 1.41. The van der Waals surface area contributed by atoms with Crippen molar-refractivity contribution in [2.24, 2.45) is 0 Å². The number of hydrogen-bond acceptors (Lipinski definition) is 7. The largest absolute Gasteiger partial charge is 0.495 e. The number of rotatable bonds is 9. The Morgan fingerprint density at radius 1 is 1.12 bits per heavy atom. The van der Waals surface area contributed by atoms with Gasteiger partial charge in [0.15, 0.2) is 11.6 Å². The molecule has 0 atom stereocenters. The fraction of sp³-hybridized carbons (Fsp3) is 0.208. The molecule has 33 heavy (non-hydrogen) atoms. The molecule has 0 aliphatic carbocycles. The van der Waals surface area contributed by atoms with Crippen molar-refractivity contribution in [3.8, 4) is 11.6 Å². The SMILES string of the molecule is CCC(=O)c1cc(CCc2cnc(Nc3cnn(-c4ccccn4)c3)nc2)c(Cl)c(OC)c1. The molecule has 1 N–H and O–H groups in total. The highest BCUT2D eigenvalue weighted by Crippen LogP contribution is 2.31. The maximum absolute atomic E-state index is 12.2. The van der Waals surface area contributed by atoms with E-state index in [2.05, 4.69) is 25.4 Å². The lowest BCUT2D eigenvalue weighted by Crippen LogP contribution is -2.03. The minimum absolute atomic E-state index is 0.0522. The number of anilines is 2. The minimum atomic E-state index is 0.0522. The van der Waals surface area contributed by atoms with Gasteiger partial charge in [-0.2, -0.15) is 5.10 Å². The third kappa shape index (κ3) is 5.35. The monoisotopic (exact) mass is 462 g/mol. The Kier molecular flexibility index (Phi) is 6.95. The van der Waals surface area contributed by atoms with Crippen LogP contribution in [0.4, 0.5) is 11.6 Å². The van der Waals surface area contributed by atoms with Crippen molar-refractivity contribution in [2.45, 2.75) is 26.2 Å². The third-order valence-corrected chi connectivity index (χ3v) is 5.52. The summed E-state index contributed by atoms with van der Waals surface area (Å²) < 4.78 is 7.02. The number of carbonyl (C=O) groups excluding carboxylic acids is 1. The molecule has 9 heteroatoms. The molecular formula is C24H23ClN6O2. The lowest BCUT2D eigenvalue weighted by Gasteiger charge is -2.12. The maximum atomic E-state index is 12.2. The Morgan fingerprint density at radius 2 is 1.94 bits per heavy atom. The first-order valence-corrected chi connectivity index (χ1v) is 10.9. The molecule has 0 radical (unpaired) electrons. The molecule has 4 rings (SSSR count). The van der Waals surface area contributed by atoms with E-state index in [-0.39, 0.29) is 5.78 Å². The molecule has 0 saturated carbocycles. The summed E-state index contributed by atoms with van der Waals surface area (Å²) in [6.45, 7) is 1.83. The van der Waals surface area contributed by atoms with E-state index in [1.54, 1.807) is 42.6 Å². The Bertz CT molecular complexity index is 1240. The normalized spacial score (nSPS) is 10.8. The third-order valence-electron chi connectivity index (χ3n) is 5.09. The van der Waals surface area contributed by atoms with E-state index in [9.17, 15) is 4.79 Å². The quantitative estimate of drug-likeness (QED) is 0.355. The number of Topliss-reactive ketones (excluding diaryl/α,β-unsaturated/α-hetero) is 1. The van der Waals surface area contributed by atoms with E-state index >= 15 is 0 Å². The van der Waals surface area contributed by atoms with Gasteiger partial charge < -0.3 is 10.1 Å². The molecular weight excluding hydrogens is 440 g/mol. The first kappa shape index (κ1) is 22.4. The van der Waals surface area contributed by atoms with Gasteiger partial charge in [0.25, 0.3) is 0 Å². The van der Waals surface area contributed by atoms with Crippen molar-refractivity contribution < 1.29 is 9.53 Å². The molecule has 3 heterocycles. The summed E-state index contributed by atoms with van der Waals surface area (Å²) in [5.74, 6) is 1.75. The van der Waals surface area contributed by atoms with Gasteiger partial charge in [0.2, 0.25) is 5.95 Å². The summed E-state index contributed by atoms with van der Waals surface area (Å²) >= 11 is 6.47. The van der Waals surface area contributed by atoms with Crippen LogP contribution in [0, 0.1) is 0 Å². The molecule has 0 spiro atoms.